The number of nitrogens with zero attached hydrogens (tertiary/aromatic N) is 2. The van der Waals surface area contributed by atoms with Crippen LogP contribution in [0.2, 0.25) is 0 Å². The maximum absolute atomic E-state index is 6.76. The van der Waals surface area contributed by atoms with E-state index in [0.29, 0.717) is 0 Å². The number of anilines is 6. The van der Waals surface area contributed by atoms with Crippen LogP contribution in [0, 0.1) is 0 Å². The molecule has 3 heteroatoms. The number of hydrogen-bond acceptors (Lipinski definition) is 3. The molecule has 0 aliphatic carbocycles. The molecule has 3 nitrogen and oxygen atoms in total. The minimum absolute atomic E-state index is 0.842. The first kappa shape index (κ1) is 39.7. The van der Waals surface area contributed by atoms with Crippen LogP contribution in [-0.2, 0) is 0 Å². The van der Waals surface area contributed by atoms with E-state index in [2.05, 4.69) is 271 Å². The third-order valence-corrected chi connectivity index (χ3v) is 12.8. The maximum Gasteiger partial charge on any atom is 0.159 e. The van der Waals surface area contributed by atoms with Crippen LogP contribution in [0.25, 0.3) is 77.2 Å². The fourth-order valence-electron chi connectivity index (χ4n) is 9.56. The van der Waals surface area contributed by atoms with Crippen LogP contribution in [0.3, 0.4) is 0 Å². The van der Waals surface area contributed by atoms with E-state index in [-0.39, 0.29) is 0 Å². The van der Waals surface area contributed by atoms with E-state index in [0.717, 1.165) is 78.3 Å². The number of furan rings is 1. The summed E-state index contributed by atoms with van der Waals surface area (Å²) >= 11 is 0. The normalized spacial score (nSPS) is 11.3. The summed E-state index contributed by atoms with van der Waals surface area (Å²) in [6.45, 7) is 0. The first-order chi connectivity index (χ1) is 33.2. The Hall–Kier alpha value is -8.92. The third kappa shape index (κ3) is 7.59. The lowest BCUT2D eigenvalue weighted by Crippen LogP contribution is -2.12. The Morgan fingerprint density at radius 1 is 0.254 bits per heavy atom. The molecule has 12 rings (SSSR count). The molecule has 1 aromatic heterocycles. The van der Waals surface area contributed by atoms with E-state index in [1.54, 1.807) is 0 Å². The summed E-state index contributed by atoms with van der Waals surface area (Å²) < 4.78 is 6.76. The highest BCUT2D eigenvalue weighted by Crippen LogP contribution is 2.47. The molecule has 0 aliphatic heterocycles. The predicted octanol–water partition coefficient (Wildman–Crippen LogP) is 18.3. The Bertz CT molecular complexity index is 3690. The lowest BCUT2D eigenvalue weighted by molar-refractivity contribution is 0.669. The summed E-state index contributed by atoms with van der Waals surface area (Å²) in [5.41, 5.74) is 17.2. The van der Waals surface area contributed by atoms with E-state index < -0.39 is 0 Å². The van der Waals surface area contributed by atoms with Crippen LogP contribution in [0.1, 0.15) is 0 Å². The molecule has 0 fully saturated rings. The van der Waals surface area contributed by atoms with Crippen molar-refractivity contribution in [3.05, 3.63) is 267 Å². The Kier molecular flexibility index (Phi) is 10.2. The molecular formula is C64H44N2O. The Morgan fingerprint density at radius 2 is 0.716 bits per heavy atom. The molecule has 0 aliphatic rings. The van der Waals surface area contributed by atoms with Crippen LogP contribution < -0.4 is 9.80 Å². The maximum atomic E-state index is 6.76. The van der Waals surface area contributed by atoms with Crippen molar-refractivity contribution in [2.45, 2.75) is 0 Å². The van der Waals surface area contributed by atoms with Crippen LogP contribution in [0.4, 0.5) is 34.1 Å². The van der Waals surface area contributed by atoms with E-state index >= 15 is 0 Å². The average molecular weight is 857 g/mol. The molecule has 1 heterocycles. The Morgan fingerprint density at radius 3 is 1.46 bits per heavy atom. The van der Waals surface area contributed by atoms with Crippen LogP contribution in [0.5, 0.6) is 0 Å². The van der Waals surface area contributed by atoms with Crippen molar-refractivity contribution in [3.63, 3.8) is 0 Å². The van der Waals surface area contributed by atoms with E-state index in [9.17, 15) is 0 Å². The van der Waals surface area contributed by atoms with Gasteiger partial charge in [-0.25, -0.2) is 0 Å². The lowest BCUT2D eigenvalue weighted by atomic mass is 9.99. The number of hydrogen-bond donors (Lipinski definition) is 0. The zero-order valence-electron chi connectivity index (χ0n) is 36.7. The van der Waals surface area contributed by atoms with Gasteiger partial charge in [0.2, 0.25) is 0 Å². The van der Waals surface area contributed by atoms with E-state index in [4.69, 9.17) is 4.42 Å². The van der Waals surface area contributed by atoms with Gasteiger partial charge in [-0.2, -0.15) is 0 Å². The first-order valence-corrected chi connectivity index (χ1v) is 22.8. The third-order valence-electron chi connectivity index (χ3n) is 12.8. The lowest BCUT2D eigenvalue weighted by Gasteiger charge is -2.29. The van der Waals surface area contributed by atoms with E-state index in [1.807, 2.05) is 6.07 Å². The second kappa shape index (κ2) is 17.2. The fourth-order valence-corrected chi connectivity index (χ4v) is 9.56. The second-order valence-electron chi connectivity index (χ2n) is 16.9. The van der Waals surface area contributed by atoms with Gasteiger partial charge < -0.3 is 14.2 Å². The summed E-state index contributed by atoms with van der Waals surface area (Å²) in [6, 6.07) is 95.6. The molecule has 0 N–H and O–H groups in total. The number of rotatable bonds is 10. The van der Waals surface area contributed by atoms with Gasteiger partial charge in [0.05, 0.1) is 11.4 Å². The zero-order valence-corrected chi connectivity index (χ0v) is 36.7. The van der Waals surface area contributed by atoms with Gasteiger partial charge in [0.25, 0.3) is 0 Å². The first-order valence-electron chi connectivity index (χ1n) is 22.8. The minimum Gasteiger partial charge on any atom is -0.454 e. The molecule has 316 valence electrons. The van der Waals surface area contributed by atoms with Crippen molar-refractivity contribution in [1.29, 1.82) is 0 Å². The highest BCUT2D eigenvalue weighted by atomic mass is 16.3. The standard InChI is InChI=1S/C64H44N2O/c1-4-17-45(18-5-1)48-35-38-54(39-36-48)65(57-40-37-51-41-50(33-34-52(51)43-57)47-21-8-3-9-22-47)55-25-15-24-53(44-55)58-27-10-12-30-61(58)66(56-26-14-23-49(42-56)46-19-6-2-7-20-46)62-31-16-29-60-59-28-11-13-32-63(59)67-64(60)62/h1-44H. The van der Waals surface area contributed by atoms with Gasteiger partial charge in [0, 0.05) is 39.1 Å². The fraction of sp³-hybridized carbons (Fsp3) is 0. The Labute approximate surface area is 390 Å². The molecule has 67 heavy (non-hydrogen) atoms. The minimum atomic E-state index is 0.842. The largest absolute Gasteiger partial charge is 0.454 e. The van der Waals surface area contributed by atoms with Crippen LogP contribution in [0.15, 0.2) is 271 Å². The molecule has 0 bridgehead atoms. The van der Waals surface area contributed by atoms with Crippen LogP contribution in [-0.4, -0.2) is 0 Å². The van der Waals surface area contributed by atoms with Gasteiger partial charge in [-0.1, -0.05) is 194 Å². The molecular weight excluding hydrogens is 813 g/mol. The molecule has 0 unspecified atom stereocenters. The highest BCUT2D eigenvalue weighted by molar-refractivity contribution is 6.11. The SMILES string of the molecule is c1ccc(-c2ccc(N(c3cccc(-c4ccccc4N(c4cccc(-c5ccccc5)c4)c4cccc5c4oc4ccccc45)c3)c3ccc4cc(-c5ccccc5)ccc4c3)cc2)cc1. The quantitative estimate of drug-likeness (QED) is 0.137. The molecule has 0 spiro atoms. The van der Waals surface area contributed by atoms with Crippen molar-refractivity contribution in [3.8, 4) is 44.5 Å². The van der Waals surface area contributed by atoms with Crippen molar-refractivity contribution in [2.75, 3.05) is 9.80 Å². The van der Waals surface area contributed by atoms with Crippen molar-refractivity contribution >= 4 is 66.8 Å². The second-order valence-corrected chi connectivity index (χ2v) is 16.9. The van der Waals surface area contributed by atoms with Crippen LogP contribution >= 0.6 is 0 Å². The predicted molar refractivity (Wildman–Crippen MR) is 282 cm³/mol. The molecule has 12 aromatic rings. The molecule has 0 amide bonds. The monoisotopic (exact) mass is 856 g/mol. The van der Waals surface area contributed by atoms with Crippen molar-refractivity contribution in [1.82, 2.24) is 0 Å². The summed E-state index contributed by atoms with van der Waals surface area (Å²) in [5.74, 6) is 0. The molecule has 0 atom stereocenters. The number of fused-ring (bicyclic) bond motifs is 4. The van der Waals surface area contributed by atoms with Gasteiger partial charge >= 0.3 is 0 Å². The van der Waals surface area contributed by atoms with Gasteiger partial charge in [-0.3, -0.25) is 0 Å². The smallest absolute Gasteiger partial charge is 0.159 e. The molecule has 11 aromatic carbocycles. The Balaban J connectivity index is 1.01. The molecule has 0 saturated carbocycles. The van der Waals surface area contributed by atoms with E-state index in [1.165, 1.54) is 33.0 Å². The van der Waals surface area contributed by atoms with Gasteiger partial charge in [-0.15, -0.1) is 0 Å². The molecule has 0 radical (unpaired) electrons. The summed E-state index contributed by atoms with van der Waals surface area (Å²) in [5, 5.41) is 4.55. The topological polar surface area (TPSA) is 19.6 Å². The zero-order chi connectivity index (χ0) is 44.5. The summed E-state index contributed by atoms with van der Waals surface area (Å²) in [6.07, 6.45) is 0. The van der Waals surface area contributed by atoms with Gasteiger partial charge in [0.15, 0.2) is 5.58 Å². The number of benzene rings is 11. The van der Waals surface area contributed by atoms with Crippen molar-refractivity contribution < 1.29 is 4.42 Å². The summed E-state index contributed by atoms with van der Waals surface area (Å²) in [7, 11) is 0. The number of para-hydroxylation sites is 3. The molecule has 0 saturated heterocycles. The van der Waals surface area contributed by atoms with Gasteiger partial charge in [0.1, 0.15) is 5.58 Å². The highest BCUT2D eigenvalue weighted by Gasteiger charge is 2.23. The summed E-state index contributed by atoms with van der Waals surface area (Å²) in [4.78, 5) is 4.74. The average Bonchev–Trinajstić information content (AvgIpc) is 3.80. The van der Waals surface area contributed by atoms with Gasteiger partial charge in [-0.05, 0) is 123 Å². The van der Waals surface area contributed by atoms with Crippen molar-refractivity contribution in [2.24, 2.45) is 0 Å².